The maximum Gasteiger partial charge on any atom is 0.160 e. The van der Waals surface area contributed by atoms with E-state index in [1.165, 1.54) is 0 Å². The highest BCUT2D eigenvalue weighted by atomic mass is 15.1. The highest BCUT2D eigenvalue weighted by Crippen LogP contribution is 2.21. The first kappa shape index (κ1) is 10.7. The summed E-state index contributed by atoms with van der Waals surface area (Å²) in [5, 5.41) is 7.52. The van der Waals surface area contributed by atoms with Crippen molar-refractivity contribution in [2.45, 2.75) is 26.2 Å². The minimum atomic E-state index is 0.0784. The van der Waals surface area contributed by atoms with Crippen molar-refractivity contribution < 1.29 is 0 Å². The standard InChI is InChI=1S/C12H14N4/c1-12(2,3)10-7-13-11(14-8-10)9-4-5-15-16-6-9/h4-8H,1-3H3. The molecule has 2 aromatic heterocycles. The van der Waals surface area contributed by atoms with E-state index < -0.39 is 0 Å². The van der Waals surface area contributed by atoms with Crippen LogP contribution in [0.1, 0.15) is 26.3 Å². The third-order valence-corrected chi connectivity index (χ3v) is 2.36. The molecule has 0 bridgehead atoms. The Kier molecular flexibility index (Phi) is 2.64. The molecule has 0 amide bonds. The fourth-order valence-electron chi connectivity index (χ4n) is 1.29. The third-order valence-electron chi connectivity index (χ3n) is 2.36. The van der Waals surface area contributed by atoms with E-state index in [1.54, 1.807) is 12.4 Å². The Morgan fingerprint density at radius 3 is 2.12 bits per heavy atom. The summed E-state index contributed by atoms with van der Waals surface area (Å²) in [6.45, 7) is 6.41. The summed E-state index contributed by atoms with van der Waals surface area (Å²) in [7, 11) is 0. The van der Waals surface area contributed by atoms with Crippen LogP contribution in [0.3, 0.4) is 0 Å². The van der Waals surface area contributed by atoms with Crippen LogP contribution < -0.4 is 0 Å². The second kappa shape index (κ2) is 3.96. The van der Waals surface area contributed by atoms with Crippen LogP contribution in [0, 0.1) is 0 Å². The predicted octanol–water partition coefficient (Wildman–Crippen LogP) is 2.23. The van der Waals surface area contributed by atoms with Gasteiger partial charge in [0.25, 0.3) is 0 Å². The molecule has 0 saturated carbocycles. The van der Waals surface area contributed by atoms with Gasteiger partial charge in [-0.1, -0.05) is 20.8 Å². The normalized spacial score (nSPS) is 11.4. The molecular formula is C12H14N4. The molecule has 2 aromatic rings. The number of nitrogens with zero attached hydrogens (tertiary/aromatic N) is 4. The van der Waals surface area contributed by atoms with E-state index in [0.29, 0.717) is 5.82 Å². The van der Waals surface area contributed by atoms with Gasteiger partial charge in [0, 0.05) is 18.0 Å². The molecule has 0 saturated heterocycles. The van der Waals surface area contributed by atoms with Crippen LogP contribution >= 0.6 is 0 Å². The van der Waals surface area contributed by atoms with E-state index >= 15 is 0 Å². The van der Waals surface area contributed by atoms with Crippen molar-refractivity contribution in [1.82, 2.24) is 20.2 Å². The molecule has 0 aromatic carbocycles. The van der Waals surface area contributed by atoms with Gasteiger partial charge < -0.3 is 0 Å². The van der Waals surface area contributed by atoms with Crippen LogP contribution in [0.5, 0.6) is 0 Å². The summed E-state index contributed by atoms with van der Waals surface area (Å²) in [4.78, 5) is 8.67. The fraction of sp³-hybridized carbons (Fsp3) is 0.333. The van der Waals surface area contributed by atoms with E-state index in [-0.39, 0.29) is 5.41 Å². The second-order valence-electron chi connectivity index (χ2n) is 4.68. The van der Waals surface area contributed by atoms with E-state index in [2.05, 4.69) is 40.9 Å². The lowest BCUT2D eigenvalue weighted by molar-refractivity contribution is 0.584. The zero-order valence-electron chi connectivity index (χ0n) is 9.68. The molecule has 2 rings (SSSR count). The van der Waals surface area contributed by atoms with Gasteiger partial charge in [-0.3, -0.25) is 0 Å². The van der Waals surface area contributed by atoms with E-state index in [9.17, 15) is 0 Å². The largest absolute Gasteiger partial charge is 0.236 e. The van der Waals surface area contributed by atoms with E-state index in [4.69, 9.17) is 0 Å². The monoisotopic (exact) mass is 214 g/mol. The summed E-state index contributed by atoms with van der Waals surface area (Å²) in [6.07, 6.45) is 7.02. The van der Waals surface area contributed by atoms with Crippen LogP contribution in [-0.4, -0.2) is 20.2 Å². The lowest BCUT2D eigenvalue weighted by Gasteiger charge is -2.17. The van der Waals surface area contributed by atoms with Gasteiger partial charge in [0.1, 0.15) is 0 Å². The van der Waals surface area contributed by atoms with Gasteiger partial charge in [0.15, 0.2) is 5.82 Å². The SMILES string of the molecule is CC(C)(C)c1cnc(-c2ccnnc2)nc1. The summed E-state index contributed by atoms with van der Waals surface area (Å²) in [5.41, 5.74) is 2.09. The van der Waals surface area contributed by atoms with Crippen molar-refractivity contribution in [2.24, 2.45) is 0 Å². The molecule has 0 N–H and O–H groups in total. The van der Waals surface area contributed by atoms with Crippen molar-refractivity contribution in [1.29, 1.82) is 0 Å². The Bertz CT molecular complexity index is 457. The van der Waals surface area contributed by atoms with Crippen molar-refractivity contribution in [2.75, 3.05) is 0 Å². The molecule has 2 heterocycles. The van der Waals surface area contributed by atoms with Gasteiger partial charge in [-0.15, -0.1) is 0 Å². The lowest BCUT2D eigenvalue weighted by atomic mass is 9.89. The Hall–Kier alpha value is -1.84. The van der Waals surface area contributed by atoms with Gasteiger partial charge in [-0.05, 0) is 17.0 Å². The minimum absolute atomic E-state index is 0.0784. The molecule has 0 atom stereocenters. The molecule has 82 valence electrons. The molecule has 16 heavy (non-hydrogen) atoms. The van der Waals surface area contributed by atoms with Crippen LogP contribution in [-0.2, 0) is 5.41 Å². The number of rotatable bonds is 1. The van der Waals surface area contributed by atoms with Crippen molar-refractivity contribution >= 4 is 0 Å². The van der Waals surface area contributed by atoms with Crippen LogP contribution in [0.4, 0.5) is 0 Å². The van der Waals surface area contributed by atoms with Crippen molar-refractivity contribution in [3.8, 4) is 11.4 Å². The Morgan fingerprint density at radius 1 is 0.938 bits per heavy atom. The molecule has 0 spiro atoms. The molecule has 0 unspecified atom stereocenters. The van der Waals surface area contributed by atoms with Crippen molar-refractivity contribution in [3.63, 3.8) is 0 Å². The Balaban J connectivity index is 2.34. The maximum absolute atomic E-state index is 4.34. The number of hydrogen-bond acceptors (Lipinski definition) is 4. The molecule has 0 aliphatic heterocycles. The molecule has 4 heteroatoms. The molecule has 4 nitrogen and oxygen atoms in total. The smallest absolute Gasteiger partial charge is 0.160 e. The lowest BCUT2D eigenvalue weighted by Crippen LogP contribution is -2.12. The van der Waals surface area contributed by atoms with Crippen LogP contribution in [0.25, 0.3) is 11.4 Å². The van der Waals surface area contributed by atoms with Gasteiger partial charge >= 0.3 is 0 Å². The first-order chi connectivity index (χ1) is 7.57. The summed E-state index contributed by atoms with van der Waals surface area (Å²) in [6, 6.07) is 1.85. The first-order valence-corrected chi connectivity index (χ1v) is 5.17. The Labute approximate surface area is 94.8 Å². The highest BCUT2D eigenvalue weighted by molar-refractivity contribution is 5.51. The fourth-order valence-corrected chi connectivity index (χ4v) is 1.29. The summed E-state index contributed by atoms with van der Waals surface area (Å²) < 4.78 is 0. The molecule has 0 aliphatic carbocycles. The average molecular weight is 214 g/mol. The first-order valence-electron chi connectivity index (χ1n) is 5.17. The molecular weight excluding hydrogens is 200 g/mol. The molecule has 0 radical (unpaired) electrons. The third kappa shape index (κ3) is 2.21. The quantitative estimate of drug-likeness (QED) is 0.730. The van der Waals surface area contributed by atoms with E-state index in [0.717, 1.165) is 11.1 Å². The van der Waals surface area contributed by atoms with Gasteiger partial charge in [-0.2, -0.15) is 10.2 Å². The average Bonchev–Trinajstić information content (AvgIpc) is 2.29. The number of aromatic nitrogens is 4. The van der Waals surface area contributed by atoms with Crippen LogP contribution in [0.2, 0.25) is 0 Å². The van der Waals surface area contributed by atoms with Gasteiger partial charge in [0.05, 0.1) is 12.4 Å². The highest BCUT2D eigenvalue weighted by Gasteiger charge is 2.14. The summed E-state index contributed by atoms with van der Waals surface area (Å²) in [5.74, 6) is 0.683. The Morgan fingerprint density at radius 2 is 1.62 bits per heavy atom. The van der Waals surface area contributed by atoms with E-state index in [1.807, 2.05) is 18.5 Å². The predicted molar refractivity (Wildman–Crippen MR) is 61.8 cm³/mol. The minimum Gasteiger partial charge on any atom is -0.236 e. The van der Waals surface area contributed by atoms with Gasteiger partial charge in [0.2, 0.25) is 0 Å². The zero-order valence-corrected chi connectivity index (χ0v) is 9.68. The molecule has 0 fully saturated rings. The second-order valence-corrected chi connectivity index (χ2v) is 4.68. The zero-order chi connectivity index (χ0) is 11.6. The maximum atomic E-state index is 4.34. The van der Waals surface area contributed by atoms with Crippen LogP contribution in [0.15, 0.2) is 30.9 Å². The molecule has 0 aliphatic rings. The van der Waals surface area contributed by atoms with Crippen molar-refractivity contribution in [3.05, 3.63) is 36.4 Å². The van der Waals surface area contributed by atoms with Gasteiger partial charge in [-0.25, -0.2) is 9.97 Å². The number of hydrogen-bond donors (Lipinski definition) is 0. The summed E-state index contributed by atoms with van der Waals surface area (Å²) >= 11 is 0. The topological polar surface area (TPSA) is 51.6 Å².